The molecule has 0 saturated carbocycles. The fourth-order valence-electron chi connectivity index (χ4n) is 3.74. The molecule has 8 heteroatoms. The third-order valence-electron chi connectivity index (χ3n) is 5.30. The number of carbonyl (C=O) groups excluding carboxylic acids is 2. The Morgan fingerprint density at radius 2 is 1.84 bits per heavy atom. The lowest BCUT2D eigenvalue weighted by atomic mass is 10.2. The Morgan fingerprint density at radius 1 is 1.06 bits per heavy atom. The average molecular weight is 426 g/mol. The smallest absolute Gasteiger partial charge is 0.274 e. The van der Waals surface area contributed by atoms with E-state index < -0.39 is 0 Å². The zero-order valence-electron chi connectivity index (χ0n) is 18.4. The molecule has 0 atom stereocenters. The van der Waals surface area contributed by atoms with Gasteiger partial charge in [-0.25, -0.2) is 4.98 Å². The highest BCUT2D eigenvalue weighted by molar-refractivity contribution is 5.92. The second-order valence-corrected chi connectivity index (χ2v) is 7.40. The van der Waals surface area contributed by atoms with Crippen molar-refractivity contribution in [1.82, 2.24) is 19.8 Å². The Kier molecular flexibility index (Phi) is 8.20. The molecule has 0 aliphatic carbocycles. The van der Waals surface area contributed by atoms with E-state index >= 15 is 0 Å². The first-order valence-electron chi connectivity index (χ1n) is 10.9. The summed E-state index contributed by atoms with van der Waals surface area (Å²) in [5.41, 5.74) is 1.38. The predicted octanol–water partition coefficient (Wildman–Crippen LogP) is 2.47. The zero-order valence-corrected chi connectivity index (χ0v) is 18.4. The van der Waals surface area contributed by atoms with E-state index in [-0.39, 0.29) is 11.8 Å². The number of ether oxygens (including phenoxy) is 1. The molecule has 2 amide bonds. The highest BCUT2D eigenvalue weighted by Crippen LogP contribution is 2.28. The Hall–Kier alpha value is -3.16. The minimum atomic E-state index is -0.180. The molecule has 0 spiro atoms. The lowest BCUT2D eigenvalue weighted by molar-refractivity contribution is -0.131. The van der Waals surface area contributed by atoms with Crippen molar-refractivity contribution in [3.05, 3.63) is 48.5 Å². The number of piperazine rings is 1. The largest absolute Gasteiger partial charge is 0.492 e. The fourth-order valence-corrected chi connectivity index (χ4v) is 3.74. The molecule has 8 nitrogen and oxygen atoms in total. The molecule has 31 heavy (non-hydrogen) atoms. The molecule has 0 N–H and O–H groups in total. The number of carbonyl (C=O) groups is 2. The standard InChI is InChI=1S/C23H31N5O3/c1-3-12-28(23(30)19-18-24-10-11-25-19)13-9-22(29)27-16-14-26(15-17-27)20-7-5-6-8-21(20)31-4-2/h5-8,10-11,18H,3-4,9,12-17H2,1-2H3. The second kappa shape index (κ2) is 11.3. The van der Waals surface area contributed by atoms with E-state index in [2.05, 4.69) is 20.9 Å². The van der Waals surface area contributed by atoms with Gasteiger partial charge in [0.1, 0.15) is 11.4 Å². The van der Waals surface area contributed by atoms with Crippen LogP contribution in [0.1, 0.15) is 37.2 Å². The Labute approximate surface area is 183 Å². The SMILES string of the molecule is CCCN(CCC(=O)N1CCN(c2ccccc2OCC)CC1)C(=O)c1cnccn1. The molecular weight excluding hydrogens is 394 g/mol. The van der Waals surface area contributed by atoms with Gasteiger partial charge in [0.05, 0.1) is 18.5 Å². The van der Waals surface area contributed by atoms with Crippen LogP contribution in [0, 0.1) is 0 Å². The number of aromatic nitrogens is 2. The summed E-state index contributed by atoms with van der Waals surface area (Å²) in [7, 11) is 0. The molecule has 1 aliphatic heterocycles. The van der Waals surface area contributed by atoms with Gasteiger partial charge in [0.15, 0.2) is 0 Å². The van der Waals surface area contributed by atoms with Crippen molar-refractivity contribution in [1.29, 1.82) is 0 Å². The summed E-state index contributed by atoms with van der Waals surface area (Å²) in [6, 6.07) is 8.01. The summed E-state index contributed by atoms with van der Waals surface area (Å²) >= 11 is 0. The Morgan fingerprint density at radius 3 is 2.52 bits per heavy atom. The van der Waals surface area contributed by atoms with Crippen LogP contribution < -0.4 is 9.64 Å². The number of para-hydroxylation sites is 2. The number of nitrogens with zero attached hydrogens (tertiary/aromatic N) is 5. The number of amides is 2. The van der Waals surface area contributed by atoms with E-state index in [4.69, 9.17) is 4.74 Å². The van der Waals surface area contributed by atoms with Crippen LogP contribution in [0.4, 0.5) is 5.69 Å². The van der Waals surface area contributed by atoms with Gasteiger partial charge < -0.3 is 19.4 Å². The minimum absolute atomic E-state index is 0.0748. The molecule has 0 bridgehead atoms. The highest BCUT2D eigenvalue weighted by Gasteiger charge is 2.24. The van der Waals surface area contributed by atoms with E-state index in [0.717, 1.165) is 30.9 Å². The van der Waals surface area contributed by atoms with E-state index in [1.165, 1.54) is 18.6 Å². The molecule has 166 valence electrons. The van der Waals surface area contributed by atoms with Crippen molar-refractivity contribution in [2.24, 2.45) is 0 Å². The van der Waals surface area contributed by atoms with Gasteiger partial charge in [-0.15, -0.1) is 0 Å². The molecule has 1 aliphatic rings. The maximum Gasteiger partial charge on any atom is 0.274 e. The van der Waals surface area contributed by atoms with Crippen molar-refractivity contribution >= 4 is 17.5 Å². The van der Waals surface area contributed by atoms with Gasteiger partial charge in [-0.3, -0.25) is 14.6 Å². The molecule has 3 rings (SSSR count). The molecule has 1 fully saturated rings. The van der Waals surface area contributed by atoms with Crippen molar-refractivity contribution in [3.8, 4) is 5.75 Å². The fraction of sp³-hybridized carbons (Fsp3) is 0.478. The van der Waals surface area contributed by atoms with E-state index in [0.29, 0.717) is 44.9 Å². The number of anilines is 1. The first-order valence-corrected chi connectivity index (χ1v) is 10.9. The summed E-state index contributed by atoms with van der Waals surface area (Å²) in [4.78, 5) is 39.4. The maximum atomic E-state index is 12.8. The van der Waals surface area contributed by atoms with Crippen LogP contribution in [-0.4, -0.2) is 77.5 Å². The quantitative estimate of drug-likeness (QED) is 0.614. The number of hydrogen-bond acceptors (Lipinski definition) is 6. The van der Waals surface area contributed by atoms with E-state index in [1.807, 2.05) is 36.9 Å². The van der Waals surface area contributed by atoms with E-state index in [9.17, 15) is 9.59 Å². The summed E-state index contributed by atoms with van der Waals surface area (Å²) in [6.07, 6.45) is 5.63. The average Bonchev–Trinajstić information content (AvgIpc) is 2.82. The molecule has 0 unspecified atom stereocenters. The monoisotopic (exact) mass is 425 g/mol. The molecule has 2 aromatic rings. The molecule has 1 aromatic heterocycles. The number of benzene rings is 1. The Balaban J connectivity index is 1.53. The number of hydrogen-bond donors (Lipinski definition) is 0. The summed E-state index contributed by atoms with van der Waals surface area (Å²) < 4.78 is 5.74. The lowest BCUT2D eigenvalue weighted by Gasteiger charge is -2.37. The predicted molar refractivity (Wildman–Crippen MR) is 119 cm³/mol. The second-order valence-electron chi connectivity index (χ2n) is 7.40. The molecule has 1 aromatic carbocycles. The first-order chi connectivity index (χ1) is 15.1. The molecule has 2 heterocycles. The number of rotatable bonds is 9. The third-order valence-corrected chi connectivity index (χ3v) is 5.30. The van der Waals surface area contributed by atoms with E-state index in [1.54, 1.807) is 4.90 Å². The van der Waals surface area contributed by atoms with Gasteiger partial charge >= 0.3 is 0 Å². The Bertz CT molecular complexity index is 853. The van der Waals surface area contributed by atoms with Gasteiger partial charge in [-0.1, -0.05) is 19.1 Å². The molecular formula is C23H31N5O3. The highest BCUT2D eigenvalue weighted by atomic mass is 16.5. The van der Waals surface area contributed by atoms with Gasteiger partial charge in [0.2, 0.25) is 5.91 Å². The van der Waals surface area contributed by atoms with Gasteiger partial charge in [0.25, 0.3) is 5.91 Å². The maximum absolute atomic E-state index is 12.8. The van der Waals surface area contributed by atoms with Crippen molar-refractivity contribution < 1.29 is 14.3 Å². The van der Waals surface area contributed by atoms with Crippen molar-refractivity contribution in [3.63, 3.8) is 0 Å². The lowest BCUT2D eigenvalue weighted by Crippen LogP contribution is -2.49. The van der Waals surface area contributed by atoms with Crippen LogP contribution in [0.25, 0.3) is 0 Å². The van der Waals surface area contributed by atoms with Crippen LogP contribution in [0.3, 0.4) is 0 Å². The van der Waals surface area contributed by atoms with Crippen molar-refractivity contribution in [2.75, 3.05) is 50.8 Å². The van der Waals surface area contributed by atoms with Crippen molar-refractivity contribution in [2.45, 2.75) is 26.7 Å². The van der Waals surface area contributed by atoms with Crippen LogP contribution in [-0.2, 0) is 4.79 Å². The van der Waals surface area contributed by atoms with Gasteiger partial charge in [-0.05, 0) is 25.5 Å². The van der Waals surface area contributed by atoms with Gasteiger partial charge in [0, 0.05) is 58.1 Å². The summed E-state index contributed by atoms with van der Waals surface area (Å²) in [6.45, 7) is 8.41. The van der Waals surface area contributed by atoms with Gasteiger partial charge in [-0.2, -0.15) is 0 Å². The topological polar surface area (TPSA) is 78.9 Å². The summed E-state index contributed by atoms with van der Waals surface area (Å²) in [5, 5.41) is 0. The molecule has 1 saturated heterocycles. The summed E-state index contributed by atoms with van der Waals surface area (Å²) in [5.74, 6) is 0.772. The minimum Gasteiger partial charge on any atom is -0.492 e. The normalized spacial score (nSPS) is 13.7. The first kappa shape index (κ1) is 22.5. The third kappa shape index (κ3) is 5.93. The van der Waals surface area contributed by atoms with Crippen LogP contribution in [0.2, 0.25) is 0 Å². The van der Waals surface area contributed by atoms with Crippen LogP contribution in [0.15, 0.2) is 42.9 Å². The zero-order chi connectivity index (χ0) is 22.1. The van der Waals surface area contributed by atoms with Crippen LogP contribution in [0.5, 0.6) is 5.75 Å². The molecule has 0 radical (unpaired) electrons. The van der Waals surface area contributed by atoms with Crippen LogP contribution >= 0.6 is 0 Å².